The zero-order chi connectivity index (χ0) is 26.1. The maximum atomic E-state index is 12.6. The maximum absolute atomic E-state index is 12.6. The first kappa shape index (κ1) is 25.3. The summed E-state index contributed by atoms with van der Waals surface area (Å²) in [5.74, 6) is 0.436. The lowest BCUT2D eigenvalue weighted by atomic mass is 10.0. The van der Waals surface area contributed by atoms with E-state index in [4.69, 9.17) is 0 Å². The second-order valence-corrected chi connectivity index (χ2v) is 11.7. The van der Waals surface area contributed by atoms with Crippen molar-refractivity contribution >= 4 is 63.0 Å². The zero-order valence-electron chi connectivity index (χ0n) is 21.6. The van der Waals surface area contributed by atoms with E-state index in [9.17, 15) is 9.59 Å². The van der Waals surface area contributed by atoms with Gasteiger partial charge in [-0.05, 0) is 71.8 Å². The molecule has 0 atom stereocenters. The summed E-state index contributed by atoms with van der Waals surface area (Å²) < 4.78 is 4.45. The minimum absolute atomic E-state index is 0.154. The lowest BCUT2D eigenvalue weighted by Crippen LogP contribution is -2.03. The van der Waals surface area contributed by atoms with E-state index in [1.54, 1.807) is 22.7 Å². The van der Waals surface area contributed by atoms with Gasteiger partial charge in [-0.15, -0.1) is 22.7 Å². The minimum Gasteiger partial charge on any atom is -0.289 e. The van der Waals surface area contributed by atoms with Crippen molar-refractivity contribution in [1.82, 2.24) is 0 Å². The number of fused-ring (bicyclic) bond motifs is 4. The van der Waals surface area contributed by atoms with Gasteiger partial charge in [0.05, 0.1) is 0 Å². The minimum atomic E-state index is 0.154. The largest absolute Gasteiger partial charge is 0.289 e. The third-order valence-corrected chi connectivity index (χ3v) is 9.36. The predicted octanol–water partition coefficient (Wildman–Crippen LogP) is 9.08. The summed E-state index contributed by atoms with van der Waals surface area (Å²) in [7, 11) is 0. The Morgan fingerprint density at radius 2 is 1.19 bits per heavy atom. The average Bonchev–Trinajstić information content (AvgIpc) is 2.93. The lowest BCUT2D eigenvalue weighted by molar-refractivity contribution is 0.878. The monoisotopic (exact) mass is 522 g/mol. The van der Waals surface area contributed by atoms with Crippen LogP contribution in [0.4, 0.5) is 0 Å². The third-order valence-electron chi connectivity index (χ3n) is 6.86. The molecule has 0 radical (unpaired) electrons. The van der Waals surface area contributed by atoms with Gasteiger partial charge >= 0.3 is 0 Å². The van der Waals surface area contributed by atoms with Crippen molar-refractivity contribution in [2.45, 2.75) is 46.5 Å². The molecule has 0 bridgehead atoms. The second kappa shape index (κ2) is 10.6. The number of benzene rings is 4. The quantitative estimate of drug-likeness (QED) is 0.217. The highest BCUT2D eigenvalue weighted by molar-refractivity contribution is 7.25. The molecular weight excluding hydrogens is 492 g/mol. The van der Waals surface area contributed by atoms with E-state index in [0.29, 0.717) is 5.92 Å². The van der Waals surface area contributed by atoms with Crippen molar-refractivity contribution in [3.05, 3.63) is 116 Å². The molecule has 2 heterocycles. The van der Waals surface area contributed by atoms with Gasteiger partial charge in [-0.1, -0.05) is 70.2 Å². The first-order valence-corrected chi connectivity index (χ1v) is 14.5. The van der Waals surface area contributed by atoms with Gasteiger partial charge in [0.1, 0.15) is 0 Å². The molecule has 0 aliphatic carbocycles. The molecule has 0 unspecified atom stereocenters. The summed E-state index contributed by atoms with van der Waals surface area (Å²) in [6.45, 7) is 8.62. The van der Waals surface area contributed by atoms with Crippen LogP contribution < -0.4 is 10.9 Å². The smallest absolute Gasteiger partial charge is 0.195 e. The fourth-order valence-electron chi connectivity index (χ4n) is 4.81. The molecule has 0 amide bonds. The van der Waals surface area contributed by atoms with Crippen molar-refractivity contribution in [3.8, 4) is 0 Å². The molecule has 0 spiro atoms. The lowest BCUT2D eigenvalue weighted by Gasteiger charge is -2.09. The molecule has 2 nitrogen and oxygen atoms in total. The topological polar surface area (TPSA) is 34.1 Å². The van der Waals surface area contributed by atoms with Crippen molar-refractivity contribution < 1.29 is 0 Å². The van der Waals surface area contributed by atoms with Gasteiger partial charge in [0, 0.05) is 40.3 Å². The summed E-state index contributed by atoms with van der Waals surface area (Å²) in [6, 6.07) is 26.1. The predicted molar refractivity (Wildman–Crippen MR) is 164 cm³/mol. The molecule has 6 rings (SSSR count). The Kier molecular flexibility index (Phi) is 7.23. The zero-order valence-corrected chi connectivity index (χ0v) is 23.3. The van der Waals surface area contributed by atoms with E-state index < -0.39 is 0 Å². The standard InChI is InChI=1S/C17H16OS.C16H14OS/c1-3-11-9-12(4-2)17-14(10-11)16(18)13-7-5-6-8-15(13)19-17;1-10(2)11-7-5-8-13-15(17)12-6-3-4-9-14(12)18-16(11)13/h5-10H,3-4H2,1-2H3;3-10H,1-2H3. The van der Waals surface area contributed by atoms with E-state index >= 15 is 0 Å². The number of aryl methyl sites for hydroxylation is 2. The summed E-state index contributed by atoms with van der Waals surface area (Å²) in [5, 5.41) is 3.41. The van der Waals surface area contributed by atoms with Crippen molar-refractivity contribution in [2.75, 3.05) is 0 Å². The van der Waals surface area contributed by atoms with Gasteiger partial charge in [-0.25, -0.2) is 0 Å². The Hall–Kier alpha value is -3.34. The molecule has 0 N–H and O–H groups in total. The van der Waals surface area contributed by atoms with Gasteiger partial charge < -0.3 is 0 Å². The second-order valence-electron chi connectivity index (χ2n) is 9.57. The van der Waals surface area contributed by atoms with Crippen LogP contribution in [-0.4, -0.2) is 0 Å². The molecule has 2 aromatic heterocycles. The molecule has 4 aromatic carbocycles. The third kappa shape index (κ3) is 4.72. The highest BCUT2D eigenvalue weighted by Gasteiger charge is 2.11. The first-order chi connectivity index (χ1) is 17.9. The van der Waals surface area contributed by atoms with E-state index in [0.717, 1.165) is 53.2 Å². The molecule has 186 valence electrons. The van der Waals surface area contributed by atoms with Crippen LogP contribution in [0.2, 0.25) is 0 Å². The van der Waals surface area contributed by atoms with Gasteiger partial charge in [-0.2, -0.15) is 0 Å². The Morgan fingerprint density at radius 1 is 0.622 bits per heavy atom. The van der Waals surface area contributed by atoms with Crippen molar-refractivity contribution in [2.24, 2.45) is 0 Å². The van der Waals surface area contributed by atoms with E-state index in [-0.39, 0.29) is 10.9 Å². The van der Waals surface area contributed by atoms with Gasteiger partial charge in [-0.3, -0.25) is 9.59 Å². The number of hydrogen-bond donors (Lipinski definition) is 0. The molecule has 0 saturated heterocycles. The summed E-state index contributed by atoms with van der Waals surface area (Å²) in [4.78, 5) is 25.1. The summed E-state index contributed by atoms with van der Waals surface area (Å²) >= 11 is 3.46. The number of rotatable bonds is 3. The van der Waals surface area contributed by atoms with Gasteiger partial charge in [0.2, 0.25) is 0 Å². The molecule has 0 aliphatic heterocycles. The fraction of sp³-hybridized carbons (Fsp3) is 0.212. The molecule has 6 aromatic rings. The van der Waals surface area contributed by atoms with E-state index in [2.05, 4.69) is 45.9 Å². The fourth-order valence-corrected chi connectivity index (χ4v) is 7.37. The maximum Gasteiger partial charge on any atom is 0.195 e. The van der Waals surface area contributed by atoms with E-state index in [1.165, 1.54) is 16.7 Å². The van der Waals surface area contributed by atoms with Crippen LogP contribution in [0.15, 0.2) is 88.5 Å². The summed E-state index contributed by atoms with van der Waals surface area (Å²) in [5.41, 5.74) is 4.14. The van der Waals surface area contributed by atoms with Crippen molar-refractivity contribution in [1.29, 1.82) is 0 Å². The Balaban J connectivity index is 0.000000152. The average molecular weight is 523 g/mol. The molecule has 0 fully saturated rings. The van der Waals surface area contributed by atoms with Gasteiger partial charge in [0.15, 0.2) is 10.9 Å². The molecule has 0 aliphatic rings. The SMILES string of the molecule is CC(C)c1cccc2c(=O)c3ccccc3sc12.CCc1cc(CC)c2sc3ccccc3c(=O)c2c1. The van der Waals surface area contributed by atoms with Crippen LogP contribution in [0.5, 0.6) is 0 Å². The Morgan fingerprint density at radius 3 is 1.78 bits per heavy atom. The molecule has 0 saturated carbocycles. The normalized spacial score (nSPS) is 11.4. The number of hydrogen-bond acceptors (Lipinski definition) is 4. The summed E-state index contributed by atoms with van der Waals surface area (Å²) in [6.07, 6.45) is 1.94. The van der Waals surface area contributed by atoms with Gasteiger partial charge in [0.25, 0.3) is 0 Å². The highest BCUT2D eigenvalue weighted by atomic mass is 32.1. The van der Waals surface area contributed by atoms with Crippen LogP contribution in [0.25, 0.3) is 40.3 Å². The highest BCUT2D eigenvalue weighted by Crippen LogP contribution is 2.31. The molecule has 37 heavy (non-hydrogen) atoms. The van der Waals surface area contributed by atoms with Crippen LogP contribution in [0.1, 0.15) is 50.3 Å². The van der Waals surface area contributed by atoms with Crippen molar-refractivity contribution in [3.63, 3.8) is 0 Å². The van der Waals surface area contributed by atoms with E-state index in [1.807, 2.05) is 60.7 Å². The van der Waals surface area contributed by atoms with Crippen LogP contribution >= 0.6 is 22.7 Å². The Labute approximate surface area is 224 Å². The van der Waals surface area contributed by atoms with Crippen LogP contribution in [-0.2, 0) is 12.8 Å². The first-order valence-electron chi connectivity index (χ1n) is 12.8. The Bertz CT molecular complexity index is 1880. The molecular formula is C33H30O2S2. The van der Waals surface area contributed by atoms with Crippen LogP contribution in [0.3, 0.4) is 0 Å². The van der Waals surface area contributed by atoms with Crippen LogP contribution in [0, 0.1) is 0 Å². The molecule has 4 heteroatoms.